The first-order chi connectivity index (χ1) is 12.5. The van der Waals surface area contributed by atoms with Gasteiger partial charge < -0.3 is 19.3 Å². The van der Waals surface area contributed by atoms with Crippen molar-refractivity contribution in [3.05, 3.63) is 35.5 Å². The normalized spacial score (nSPS) is 39.1. The summed E-state index contributed by atoms with van der Waals surface area (Å²) in [6.07, 6.45) is 1.28. The molecule has 2 saturated heterocycles. The van der Waals surface area contributed by atoms with Crippen LogP contribution in [0.2, 0.25) is 0 Å². The van der Waals surface area contributed by atoms with Crippen molar-refractivity contribution in [2.24, 2.45) is 5.92 Å². The summed E-state index contributed by atoms with van der Waals surface area (Å²) in [5.74, 6) is -3.88. The average Bonchev–Trinajstić information content (AvgIpc) is 2.99. The predicted molar refractivity (Wildman–Crippen MR) is 94.3 cm³/mol. The molecule has 0 saturated carbocycles. The number of carbonyl (C=O) groups excluding carboxylic acids is 3. The molecule has 7 heteroatoms. The molecule has 0 aromatic carbocycles. The molecule has 0 radical (unpaired) electrons. The van der Waals surface area contributed by atoms with E-state index in [9.17, 15) is 19.5 Å². The van der Waals surface area contributed by atoms with Gasteiger partial charge in [-0.25, -0.2) is 9.59 Å². The molecule has 3 aliphatic heterocycles. The number of Topliss-reactive ketones (excluding diaryl/α,β-unsaturated/α-hetero) is 1. The zero-order valence-corrected chi connectivity index (χ0v) is 15.9. The third kappa shape index (κ3) is 3.15. The van der Waals surface area contributed by atoms with Gasteiger partial charge in [-0.05, 0) is 39.3 Å². The van der Waals surface area contributed by atoms with E-state index >= 15 is 0 Å². The Bertz CT molecular complexity index is 792. The second kappa shape index (κ2) is 6.42. The van der Waals surface area contributed by atoms with Crippen molar-refractivity contribution in [1.29, 1.82) is 0 Å². The molecule has 146 valence electrons. The zero-order valence-electron chi connectivity index (χ0n) is 15.9. The predicted octanol–water partition coefficient (Wildman–Crippen LogP) is 1.75. The van der Waals surface area contributed by atoms with Crippen LogP contribution in [-0.2, 0) is 28.6 Å². The molecule has 0 aromatic heterocycles. The van der Waals surface area contributed by atoms with Gasteiger partial charge in [0, 0.05) is 17.6 Å². The first-order valence-corrected chi connectivity index (χ1v) is 8.89. The van der Waals surface area contributed by atoms with Gasteiger partial charge in [-0.1, -0.05) is 12.7 Å². The summed E-state index contributed by atoms with van der Waals surface area (Å²) in [7, 11) is 0. The fourth-order valence-electron chi connectivity index (χ4n) is 3.78. The van der Waals surface area contributed by atoms with Crippen LogP contribution in [0.4, 0.5) is 0 Å². The van der Waals surface area contributed by atoms with Gasteiger partial charge in [-0.3, -0.25) is 4.79 Å². The maximum atomic E-state index is 12.6. The fourth-order valence-corrected chi connectivity index (χ4v) is 3.78. The maximum absolute atomic E-state index is 12.6. The number of ether oxygens (including phenoxy) is 3. The molecule has 2 fully saturated rings. The topological polar surface area (TPSA) is 99.1 Å². The lowest BCUT2D eigenvalue weighted by Crippen LogP contribution is -2.43. The number of esters is 2. The van der Waals surface area contributed by atoms with Crippen LogP contribution in [0.5, 0.6) is 0 Å². The van der Waals surface area contributed by atoms with Gasteiger partial charge in [0.2, 0.25) is 0 Å². The number of carbonyl (C=O) groups is 3. The van der Waals surface area contributed by atoms with Crippen LogP contribution in [0.25, 0.3) is 0 Å². The second-order valence-corrected chi connectivity index (χ2v) is 7.61. The van der Waals surface area contributed by atoms with Crippen molar-refractivity contribution in [2.45, 2.75) is 64.1 Å². The Kier molecular flexibility index (Phi) is 4.64. The van der Waals surface area contributed by atoms with E-state index in [1.807, 2.05) is 0 Å². The van der Waals surface area contributed by atoms with Crippen molar-refractivity contribution in [3.63, 3.8) is 0 Å². The third-order valence-corrected chi connectivity index (χ3v) is 5.68. The molecule has 1 N–H and O–H groups in total. The van der Waals surface area contributed by atoms with Gasteiger partial charge in [0.1, 0.15) is 17.8 Å². The number of allylic oxidation sites excluding steroid dienone is 1. The average molecular weight is 376 g/mol. The summed E-state index contributed by atoms with van der Waals surface area (Å²) in [6.45, 7) is 10.3. The van der Waals surface area contributed by atoms with Crippen molar-refractivity contribution in [3.8, 4) is 0 Å². The minimum Gasteiger partial charge on any atom is -0.458 e. The van der Waals surface area contributed by atoms with E-state index in [1.54, 1.807) is 39.8 Å². The SMILES string of the molecule is C=C1C(=O)OC2C=C(C)C3(O)CC(=O)C(C)(CC(OC(=O)C(C)=CC)C12)O3. The monoisotopic (exact) mass is 376 g/mol. The lowest BCUT2D eigenvalue weighted by Gasteiger charge is -2.32. The maximum Gasteiger partial charge on any atom is 0.334 e. The first kappa shape index (κ1) is 19.5. The van der Waals surface area contributed by atoms with Gasteiger partial charge in [0.25, 0.3) is 0 Å². The highest BCUT2D eigenvalue weighted by Gasteiger charge is 2.58. The summed E-state index contributed by atoms with van der Waals surface area (Å²) in [6, 6.07) is 0. The highest BCUT2D eigenvalue weighted by atomic mass is 16.7. The molecular formula is C20H24O7. The second-order valence-electron chi connectivity index (χ2n) is 7.61. The number of fused-ring (bicyclic) bond motifs is 3. The molecule has 5 atom stereocenters. The fraction of sp³-hybridized carbons (Fsp3) is 0.550. The van der Waals surface area contributed by atoms with Gasteiger partial charge in [-0.2, -0.15) is 0 Å². The lowest BCUT2D eigenvalue weighted by molar-refractivity contribution is -0.202. The van der Waals surface area contributed by atoms with Gasteiger partial charge in [0.05, 0.1) is 12.3 Å². The van der Waals surface area contributed by atoms with Gasteiger partial charge in [0.15, 0.2) is 11.6 Å². The van der Waals surface area contributed by atoms with Crippen molar-refractivity contribution >= 4 is 17.7 Å². The quantitative estimate of drug-likeness (QED) is 0.445. The molecule has 3 heterocycles. The van der Waals surface area contributed by atoms with Gasteiger partial charge >= 0.3 is 11.9 Å². The van der Waals surface area contributed by atoms with Crippen LogP contribution in [0.3, 0.4) is 0 Å². The number of hydrogen-bond acceptors (Lipinski definition) is 7. The van der Waals surface area contributed by atoms with Crippen LogP contribution < -0.4 is 0 Å². The third-order valence-electron chi connectivity index (χ3n) is 5.68. The summed E-state index contributed by atoms with van der Waals surface area (Å²) in [4.78, 5) is 37.1. The molecule has 7 nitrogen and oxygen atoms in total. The molecule has 27 heavy (non-hydrogen) atoms. The Hall–Kier alpha value is -2.25. The van der Waals surface area contributed by atoms with E-state index in [1.165, 1.54) is 0 Å². The Balaban J connectivity index is 2.08. The number of aliphatic hydroxyl groups is 1. The van der Waals surface area contributed by atoms with E-state index in [4.69, 9.17) is 14.2 Å². The highest BCUT2D eigenvalue weighted by Crippen LogP contribution is 2.46. The van der Waals surface area contributed by atoms with E-state index < -0.39 is 41.5 Å². The molecular weight excluding hydrogens is 352 g/mol. The molecule has 0 spiro atoms. The number of rotatable bonds is 2. The molecule has 5 unspecified atom stereocenters. The van der Waals surface area contributed by atoms with E-state index in [-0.39, 0.29) is 24.2 Å². The Morgan fingerprint density at radius 2 is 2.11 bits per heavy atom. The highest BCUT2D eigenvalue weighted by molar-refractivity contribution is 5.93. The minimum absolute atomic E-state index is 0.0190. The van der Waals surface area contributed by atoms with E-state index in [2.05, 4.69) is 6.58 Å². The molecule has 3 aliphatic rings. The minimum atomic E-state index is -1.77. The summed E-state index contributed by atoms with van der Waals surface area (Å²) < 4.78 is 16.8. The van der Waals surface area contributed by atoms with Crippen LogP contribution in [0, 0.1) is 5.92 Å². The lowest BCUT2D eigenvalue weighted by atomic mass is 9.81. The zero-order chi connectivity index (χ0) is 20.1. The smallest absolute Gasteiger partial charge is 0.334 e. The van der Waals surface area contributed by atoms with Crippen molar-refractivity contribution in [2.75, 3.05) is 0 Å². The van der Waals surface area contributed by atoms with E-state index in [0.29, 0.717) is 11.1 Å². The Morgan fingerprint density at radius 3 is 2.74 bits per heavy atom. The summed E-state index contributed by atoms with van der Waals surface area (Å²) in [5.41, 5.74) is -0.428. The van der Waals surface area contributed by atoms with Crippen LogP contribution in [0.15, 0.2) is 35.5 Å². The van der Waals surface area contributed by atoms with E-state index in [0.717, 1.165) is 0 Å². The molecule has 0 amide bonds. The molecule has 3 rings (SSSR count). The number of ketones is 1. The van der Waals surface area contributed by atoms with Crippen LogP contribution in [0.1, 0.15) is 40.5 Å². The Labute approximate surface area is 157 Å². The first-order valence-electron chi connectivity index (χ1n) is 8.89. The molecule has 0 aliphatic carbocycles. The summed E-state index contributed by atoms with van der Waals surface area (Å²) >= 11 is 0. The number of hydrogen-bond donors (Lipinski definition) is 1. The Morgan fingerprint density at radius 1 is 1.44 bits per heavy atom. The van der Waals surface area contributed by atoms with Crippen LogP contribution >= 0.6 is 0 Å². The van der Waals surface area contributed by atoms with Crippen LogP contribution in [-0.4, -0.2) is 46.4 Å². The summed E-state index contributed by atoms with van der Waals surface area (Å²) in [5, 5.41) is 10.8. The molecule has 0 aromatic rings. The largest absolute Gasteiger partial charge is 0.458 e. The van der Waals surface area contributed by atoms with Crippen molar-refractivity contribution in [1.82, 2.24) is 0 Å². The van der Waals surface area contributed by atoms with Gasteiger partial charge in [-0.15, -0.1) is 0 Å². The van der Waals surface area contributed by atoms with Crippen molar-refractivity contribution < 1.29 is 33.7 Å². The molecule has 2 bridgehead atoms. The standard InChI is InChI=1S/C20H24O7/c1-6-10(2)17(22)26-14-8-19(5)15(21)9-20(24,27-19)11(3)7-13-16(14)12(4)18(23)25-13/h6-7,13-14,16,24H,4,8-9H2,1-3,5H3.